The highest BCUT2D eigenvalue weighted by molar-refractivity contribution is 6.04. The number of nitrogens with zero attached hydrogens (tertiary/aromatic N) is 1. The molecule has 1 unspecified atom stereocenters. The molecule has 15 heteroatoms. The van der Waals surface area contributed by atoms with Gasteiger partial charge in [0.1, 0.15) is 41.1 Å². The first-order chi connectivity index (χ1) is 18.8. The van der Waals surface area contributed by atoms with Gasteiger partial charge >= 0.3 is 18.5 Å². The zero-order valence-electron chi connectivity index (χ0n) is 21.6. The van der Waals surface area contributed by atoms with Crippen molar-refractivity contribution in [2.75, 3.05) is 6.54 Å². The van der Waals surface area contributed by atoms with Gasteiger partial charge in [-0.15, -0.1) is 13.2 Å². The number of carbonyl (C=O) groups excluding carboxylic acids is 2. The van der Waals surface area contributed by atoms with Crippen LogP contribution in [0.15, 0.2) is 41.2 Å². The molecule has 1 amide bonds. The van der Waals surface area contributed by atoms with Crippen LogP contribution >= 0.6 is 0 Å². The predicted octanol–water partition coefficient (Wildman–Crippen LogP) is 4.83. The second-order valence-electron chi connectivity index (χ2n) is 10.0. The van der Waals surface area contributed by atoms with Crippen LogP contribution in [0.2, 0.25) is 0 Å². The Morgan fingerprint density at radius 3 is 2.27 bits per heavy atom. The SMILES string of the molecule is CC(C)(C)OC(=O)CNC(=O)c1c(O)c2cc(OC(F)(F)F)cc3c2n(c1=O)CC(c1ccc(C(F)(F)F)cc1)O3. The van der Waals surface area contributed by atoms with Crippen molar-refractivity contribution in [2.24, 2.45) is 0 Å². The molecule has 2 aromatic carbocycles. The summed E-state index contributed by atoms with van der Waals surface area (Å²) in [6.07, 6.45) is -11.0. The number of hydrogen-bond acceptors (Lipinski definition) is 7. The number of benzene rings is 2. The molecule has 1 aliphatic rings. The number of rotatable bonds is 5. The van der Waals surface area contributed by atoms with E-state index >= 15 is 0 Å². The Hall–Kier alpha value is -4.43. The molecule has 1 aromatic heterocycles. The number of esters is 1. The maximum Gasteiger partial charge on any atom is 0.573 e. The number of ether oxygens (including phenoxy) is 3. The minimum absolute atomic E-state index is 0.134. The van der Waals surface area contributed by atoms with Crippen molar-refractivity contribution in [2.45, 2.75) is 51.6 Å². The van der Waals surface area contributed by atoms with E-state index in [4.69, 9.17) is 9.47 Å². The fourth-order valence-electron chi connectivity index (χ4n) is 4.21. The molecular weight excluding hydrogens is 566 g/mol. The molecule has 0 saturated heterocycles. The van der Waals surface area contributed by atoms with E-state index in [-0.39, 0.29) is 23.4 Å². The maximum absolute atomic E-state index is 13.4. The number of hydrogen-bond donors (Lipinski definition) is 2. The van der Waals surface area contributed by atoms with E-state index in [1.807, 2.05) is 0 Å². The molecule has 220 valence electrons. The van der Waals surface area contributed by atoms with Gasteiger partial charge in [0, 0.05) is 11.5 Å². The van der Waals surface area contributed by atoms with Crippen molar-refractivity contribution in [3.8, 4) is 17.2 Å². The van der Waals surface area contributed by atoms with Gasteiger partial charge in [-0.25, -0.2) is 0 Å². The molecule has 1 aliphatic heterocycles. The summed E-state index contributed by atoms with van der Waals surface area (Å²) in [6, 6.07) is 5.22. The first-order valence-corrected chi connectivity index (χ1v) is 11.9. The van der Waals surface area contributed by atoms with Crippen LogP contribution < -0.4 is 20.3 Å². The highest BCUT2D eigenvalue weighted by Crippen LogP contribution is 2.43. The van der Waals surface area contributed by atoms with E-state index < -0.39 is 76.2 Å². The Morgan fingerprint density at radius 2 is 1.71 bits per heavy atom. The number of carbonyl (C=O) groups is 2. The van der Waals surface area contributed by atoms with Crippen molar-refractivity contribution < 1.29 is 55.2 Å². The number of alkyl halides is 6. The van der Waals surface area contributed by atoms with Crippen molar-refractivity contribution in [3.05, 3.63) is 63.4 Å². The lowest BCUT2D eigenvalue weighted by Crippen LogP contribution is -2.39. The summed E-state index contributed by atoms with van der Waals surface area (Å²) >= 11 is 0. The summed E-state index contributed by atoms with van der Waals surface area (Å²) < 4.78 is 93.9. The van der Waals surface area contributed by atoms with Gasteiger partial charge in [-0.1, -0.05) is 12.1 Å². The Kier molecular flexibility index (Phi) is 7.35. The second-order valence-corrected chi connectivity index (χ2v) is 10.0. The average molecular weight is 588 g/mol. The average Bonchev–Trinajstić information content (AvgIpc) is 2.83. The molecule has 0 radical (unpaired) electrons. The highest BCUT2D eigenvalue weighted by atomic mass is 19.4. The summed E-state index contributed by atoms with van der Waals surface area (Å²) in [7, 11) is 0. The molecule has 0 fully saturated rings. The van der Waals surface area contributed by atoms with Gasteiger partial charge in [-0.2, -0.15) is 13.2 Å². The number of pyridine rings is 1. The summed E-state index contributed by atoms with van der Waals surface area (Å²) in [6.45, 7) is 3.64. The molecule has 1 atom stereocenters. The van der Waals surface area contributed by atoms with Gasteiger partial charge in [0.25, 0.3) is 11.5 Å². The number of halogens is 6. The van der Waals surface area contributed by atoms with Crippen molar-refractivity contribution in [1.82, 2.24) is 9.88 Å². The fraction of sp³-hybridized carbons (Fsp3) is 0.346. The van der Waals surface area contributed by atoms with E-state index in [1.54, 1.807) is 20.8 Å². The lowest BCUT2D eigenvalue weighted by molar-refractivity contribution is -0.274. The van der Waals surface area contributed by atoms with Crippen LogP contribution in [-0.2, 0) is 22.3 Å². The summed E-state index contributed by atoms with van der Waals surface area (Å²) in [4.78, 5) is 38.4. The third-order valence-corrected chi connectivity index (χ3v) is 5.77. The van der Waals surface area contributed by atoms with Gasteiger partial charge in [0.15, 0.2) is 0 Å². The van der Waals surface area contributed by atoms with E-state index in [2.05, 4.69) is 10.1 Å². The van der Waals surface area contributed by atoms with Crippen LogP contribution in [0, 0.1) is 0 Å². The first-order valence-electron chi connectivity index (χ1n) is 11.9. The van der Waals surface area contributed by atoms with Crippen LogP contribution in [0.5, 0.6) is 17.2 Å². The third-order valence-electron chi connectivity index (χ3n) is 5.77. The van der Waals surface area contributed by atoms with Gasteiger partial charge in [-0.05, 0) is 44.5 Å². The van der Waals surface area contributed by atoms with E-state index in [0.717, 1.165) is 41.0 Å². The van der Waals surface area contributed by atoms with Crippen LogP contribution in [0.1, 0.15) is 48.4 Å². The highest BCUT2D eigenvalue weighted by Gasteiger charge is 2.35. The number of nitrogens with one attached hydrogen (secondary N) is 1. The van der Waals surface area contributed by atoms with Crippen LogP contribution in [0.3, 0.4) is 0 Å². The van der Waals surface area contributed by atoms with E-state index in [9.17, 15) is 45.8 Å². The molecule has 4 rings (SSSR count). The smallest absolute Gasteiger partial charge is 0.506 e. The van der Waals surface area contributed by atoms with Gasteiger partial charge in [-0.3, -0.25) is 19.0 Å². The minimum atomic E-state index is -5.17. The Labute approximate surface area is 227 Å². The van der Waals surface area contributed by atoms with Crippen molar-refractivity contribution in [1.29, 1.82) is 0 Å². The molecule has 2 heterocycles. The lowest BCUT2D eigenvalue weighted by atomic mass is 10.0. The Balaban J connectivity index is 1.80. The molecule has 0 aliphatic carbocycles. The third kappa shape index (κ3) is 6.49. The van der Waals surface area contributed by atoms with Gasteiger partial charge in [0.05, 0.1) is 17.6 Å². The Morgan fingerprint density at radius 1 is 1.07 bits per heavy atom. The lowest BCUT2D eigenvalue weighted by Gasteiger charge is -2.29. The zero-order valence-corrected chi connectivity index (χ0v) is 21.6. The Bertz CT molecular complexity index is 1570. The number of aromatic nitrogens is 1. The van der Waals surface area contributed by atoms with Gasteiger partial charge < -0.3 is 24.6 Å². The summed E-state index contributed by atoms with van der Waals surface area (Å²) in [5.74, 6) is -4.34. The number of amides is 1. The standard InChI is InChI=1S/C26H22F6N2O7/c1-24(2,3)41-18(35)10-33-22(37)19-21(36)15-8-14(40-26(30,31)32)9-16-20(15)34(23(19)38)11-17(39-16)12-4-6-13(7-5-12)25(27,28)29/h4-9,17,36H,10-11H2,1-3H3,(H,33,37). The normalized spacial score (nSPS) is 15.3. The minimum Gasteiger partial charge on any atom is -0.506 e. The molecule has 0 spiro atoms. The quantitative estimate of drug-likeness (QED) is 0.324. The monoisotopic (exact) mass is 588 g/mol. The summed E-state index contributed by atoms with van der Waals surface area (Å²) in [5.41, 5.74) is -3.91. The predicted molar refractivity (Wildman–Crippen MR) is 130 cm³/mol. The molecular formula is C26H22F6N2O7. The molecule has 0 saturated carbocycles. The first kappa shape index (κ1) is 29.6. The van der Waals surface area contributed by atoms with Crippen molar-refractivity contribution >= 4 is 22.8 Å². The van der Waals surface area contributed by atoms with Crippen molar-refractivity contribution in [3.63, 3.8) is 0 Å². The molecule has 3 aromatic rings. The van der Waals surface area contributed by atoms with Crippen LogP contribution in [0.4, 0.5) is 26.3 Å². The largest absolute Gasteiger partial charge is 0.573 e. The van der Waals surface area contributed by atoms with Crippen LogP contribution in [0.25, 0.3) is 10.9 Å². The number of aromatic hydroxyl groups is 1. The summed E-state index contributed by atoms with van der Waals surface area (Å²) in [5, 5.41) is 12.6. The second kappa shape index (κ2) is 10.2. The van der Waals surface area contributed by atoms with Crippen LogP contribution in [-0.4, -0.2) is 40.1 Å². The molecule has 2 N–H and O–H groups in total. The molecule has 0 bridgehead atoms. The topological polar surface area (TPSA) is 116 Å². The molecule has 9 nitrogen and oxygen atoms in total. The maximum atomic E-state index is 13.4. The van der Waals surface area contributed by atoms with E-state index in [1.165, 1.54) is 0 Å². The van der Waals surface area contributed by atoms with Gasteiger partial charge in [0.2, 0.25) is 0 Å². The molecule has 41 heavy (non-hydrogen) atoms. The fourth-order valence-corrected chi connectivity index (χ4v) is 4.21. The van der Waals surface area contributed by atoms with E-state index in [0.29, 0.717) is 0 Å². The zero-order chi connectivity index (χ0) is 30.5.